The molecule has 112 valence electrons. The van der Waals surface area contributed by atoms with Gasteiger partial charge in [-0.3, -0.25) is 10.1 Å². The largest absolute Gasteiger partial charge is 0.308 e. The molecule has 0 saturated heterocycles. The Morgan fingerprint density at radius 3 is 2.86 bits per heavy atom. The Bertz CT molecular complexity index is 641. The summed E-state index contributed by atoms with van der Waals surface area (Å²) in [7, 11) is 0. The van der Waals surface area contributed by atoms with E-state index < -0.39 is 10.7 Å². The van der Waals surface area contributed by atoms with E-state index in [0.717, 1.165) is 6.07 Å². The molecule has 0 aliphatic carbocycles. The number of rotatable bonds is 6. The maximum absolute atomic E-state index is 13.4. The molecule has 8 heteroatoms. The molecular weight excluding hydrogens is 277 g/mol. The number of hydrogen-bond donors (Lipinski definition) is 1. The van der Waals surface area contributed by atoms with Gasteiger partial charge in [-0.2, -0.15) is 5.10 Å². The first-order valence-corrected chi connectivity index (χ1v) is 6.49. The number of hydrogen-bond acceptors (Lipinski definition) is 5. The van der Waals surface area contributed by atoms with Crippen LogP contribution in [0.2, 0.25) is 0 Å². The molecule has 0 unspecified atom stereocenters. The van der Waals surface area contributed by atoms with Gasteiger partial charge in [0, 0.05) is 12.1 Å². The molecule has 21 heavy (non-hydrogen) atoms. The third kappa shape index (κ3) is 4.06. The highest BCUT2D eigenvalue weighted by Gasteiger charge is 2.12. The van der Waals surface area contributed by atoms with E-state index in [0.29, 0.717) is 24.0 Å². The van der Waals surface area contributed by atoms with Crippen LogP contribution in [-0.2, 0) is 13.1 Å². The van der Waals surface area contributed by atoms with Gasteiger partial charge in [0.05, 0.1) is 24.1 Å². The Balaban J connectivity index is 2.19. The number of nitrogens with zero attached hydrogens (tertiary/aromatic N) is 4. The van der Waals surface area contributed by atoms with E-state index in [1.54, 1.807) is 4.68 Å². The van der Waals surface area contributed by atoms with Gasteiger partial charge in [-0.25, -0.2) is 14.1 Å². The molecule has 7 nitrogen and oxygen atoms in total. The van der Waals surface area contributed by atoms with Crippen molar-refractivity contribution < 1.29 is 9.31 Å². The minimum absolute atomic E-state index is 0.230. The lowest BCUT2D eigenvalue weighted by Gasteiger charge is -2.09. The summed E-state index contributed by atoms with van der Waals surface area (Å²) < 4.78 is 15.0. The van der Waals surface area contributed by atoms with Crippen LogP contribution in [0, 0.1) is 15.9 Å². The normalized spacial score (nSPS) is 11.0. The first-order chi connectivity index (χ1) is 9.95. The zero-order chi connectivity index (χ0) is 15.4. The maximum atomic E-state index is 13.4. The molecule has 2 rings (SSSR count). The Kier molecular flexibility index (Phi) is 4.59. The summed E-state index contributed by atoms with van der Waals surface area (Å²) in [6.45, 7) is 4.77. The molecule has 1 heterocycles. The SMILES string of the molecule is CC(C)NCc1ncnn1Cc1cc(F)cc([N+](=O)[O-])c1. The molecule has 1 N–H and O–H groups in total. The van der Waals surface area contributed by atoms with Gasteiger partial charge in [-0.15, -0.1) is 0 Å². The molecule has 0 aliphatic rings. The monoisotopic (exact) mass is 293 g/mol. The van der Waals surface area contributed by atoms with Crippen LogP contribution in [0.25, 0.3) is 0 Å². The molecule has 0 radical (unpaired) electrons. The molecule has 0 spiro atoms. The fraction of sp³-hybridized carbons (Fsp3) is 0.385. The Labute approximate surface area is 121 Å². The van der Waals surface area contributed by atoms with Gasteiger partial charge in [0.1, 0.15) is 18.0 Å². The van der Waals surface area contributed by atoms with Gasteiger partial charge >= 0.3 is 0 Å². The van der Waals surface area contributed by atoms with Crippen LogP contribution in [0.3, 0.4) is 0 Å². The van der Waals surface area contributed by atoms with Crippen LogP contribution in [0.15, 0.2) is 24.5 Å². The van der Waals surface area contributed by atoms with E-state index in [-0.39, 0.29) is 12.2 Å². The van der Waals surface area contributed by atoms with Gasteiger partial charge in [-0.1, -0.05) is 13.8 Å². The average molecular weight is 293 g/mol. The average Bonchev–Trinajstić information content (AvgIpc) is 2.83. The van der Waals surface area contributed by atoms with Crippen molar-refractivity contribution in [2.24, 2.45) is 0 Å². The van der Waals surface area contributed by atoms with E-state index in [9.17, 15) is 14.5 Å². The van der Waals surface area contributed by atoms with Crippen LogP contribution < -0.4 is 5.32 Å². The second-order valence-corrected chi connectivity index (χ2v) is 4.94. The highest BCUT2D eigenvalue weighted by Crippen LogP contribution is 2.17. The third-order valence-electron chi connectivity index (χ3n) is 2.85. The van der Waals surface area contributed by atoms with Gasteiger partial charge < -0.3 is 5.32 Å². The first-order valence-electron chi connectivity index (χ1n) is 6.49. The van der Waals surface area contributed by atoms with Crippen molar-refractivity contribution in [3.63, 3.8) is 0 Å². The lowest BCUT2D eigenvalue weighted by atomic mass is 10.2. The standard InChI is InChI=1S/C13H16FN5O2/c1-9(2)15-6-13-16-8-17-18(13)7-10-3-11(14)5-12(4-10)19(20)21/h3-5,8-9,15H,6-7H2,1-2H3. The molecule has 2 aromatic rings. The molecule has 0 aliphatic heterocycles. The summed E-state index contributed by atoms with van der Waals surface area (Å²) in [6, 6.07) is 3.79. The van der Waals surface area contributed by atoms with E-state index in [2.05, 4.69) is 15.4 Å². The van der Waals surface area contributed by atoms with Crippen molar-refractivity contribution in [1.82, 2.24) is 20.1 Å². The molecule has 0 atom stereocenters. The topological polar surface area (TPSA) is 85.9 Å². The lowest BCUT2D eigenvalue weighted by Crippen LogP contribution is -2.24. The Morgan fingerprint density at radius 1 is 1.43 bits per heavy atom. The number of aromatic nitrogens is 3. The molecular formula is C13H16FN5O2. The second kappa shape index (κ2) is 6.40. The summed E-state index contributed by atoms with van der Waals surface area (Å²) in [5.74, 6) is 0.0526. The third-order valence-corrected chi connectivity index (χ3v) is 2.85. The Morgan fingerprint density at radius 2 is 2.19 bits per heavy atom. The maximum Gasteiger partial charge on any atom is 0.272 e. The molecule has 0 saturated carbocycles. The van der Waals surface area contributed by atoms with Crippen molar-refractivity contribution in [3.05, 3.63) is 51.8 Å². The highest BCUT2D eigenvalue weighted by molar-refractivity contribution is 5.35. The van der Waals surface area contributed by atoms with Crippen molar-refractivity contribution in [3.8, 4) is 0 Å². The molecule has 1 aromatic heterocycles. The Hall–Kier alpha value is -2.35. The fourth-order valence-corrected chi connectivity index (χ4v) is 1.86. The summed E-state index contributed by atoms with van der Waals surface area (Å²) in [5.41, 5.74) is 0.199. The lowest BCUT2D eigenvalue weighted by molar-refractivity contribution is -0.385. The number of non-ortho nitro benzene ring substituents is 1. The quantitative estimate of drug-likeness (QED) is 0.649. The van der Waals surface area contributed by atoms with Gasteiger partial charge in [0.2, 0.25) is 0 Å². The predicted molar refractivity (Wildman–Crippen MR) is 74.2 cm³/mol. The summed E-state index contributed by atoms with van der Waals surface area (Å²) in [5, 5.41) is 18.0. The smallest absolute Gasteiger partial charge is 0.272 e. The van der Waals surface area contributed by atoms with E-state index >= 15 is 0 Å². The summed E-state index contributed by atoms with van der Waals surface area (Å²) >= 11 is 0. The second-order valence-electron chi connectivity index (χ2n) is 4.94. The first kappa shape index (κ1) is 15.0. The van der Waals surface area contributed by atoms with Gasteiger partial charge in [-0.05, 0) is 11.6 Å². The van der Waals surface area contributed by atoms with E-state index in [1.807, 2.05) is 13.8 Å². The van der Waals surface area contributed by atoms with Crippen LogP contribution in [0.1, 0.15) is 25.2 Å². The fourth-order valence-electron chi connectivity index (χ4n) is 1.86. The molecule has 0 amide bonds. The van der Waals surface area contributed by atoms with Crippen molar-refractivity contribution in [2.45, 2.75) is 33.0 Å². The highest BCUT2D eigenvalue weighted by atomic mass is 19.1. The predicted octanol–water partition coefficient (Wildman–Crippen LogP) is 1.87. The number of nitrogens with one attached hydrogen (secondary N) is 1. The summed E-state index contributed by atoms with van der Waals surface area (Å²) in [6.07, 6.45) is 1.41. The van der Waals surface area contributed by atoms with Crippen LogP contribution in [0.4, 0.5) is 10.1 Å². The summed E-state index contributed by atoms with van der Waals surface area (Å²) in [4.78, 5) is 14.3. The minimum Gasteiger partial charge on any atom is -0.308 e. The van der Waals surface area contributed by atoms with Crippen molar-refractivity contribution in [1.29, 1.82) is 0 Å². The number of nitro benzene ring substituents is 1. The van der Waals surface area contributed by atoms with E-state index in [4.69, 9.17) is 0 Å². The van der Waals surface area contributed by atoms with E-state index in [1.165, 1.54) is 18.5 Å². The minimum atomic E-state index is -0.638. The van der Waals surface area contributed by atoms with Gasteiger partial charge in [0.25, 0.3) is 5.69 Å². The van der Waals surface area contributed by atoms with Gasteiger partial charge in [0.15, 0.2) is 0 Å². The van der Waals surface area contributed by atoms with Crippen molar-refractivity contribution in [2.75, 3.05) is 0 Å². The molecule has 1 aromatic carbocycles. The zero-order valence-corrected chi connectivity index (χ0v) is 11.8. The molecule has 0 fully saturated rings. The van der Waals surface area contributed by atoms with Crippen LogP contribution >= 0.6 is 0 Å². The number of nitro groups is 1. The van der Waals surface area contributed by atoms with Crippen LogP contribution in [-0.4, -0.2) is 25.7 Å². The zero-order valence-electron chi connectivity index (χ0n) is 11.8. The molecule has 0 bridgehead atoms. The van der Waals surface area contributed by atoms with Crippen molar-refractivity contribution >= 4 is 5.69 Å². The number of benzene rings is 1. The van der Waals surface area contributed by atoms with Crippen LogP contribution in [0.5, 0.6) is 0 Å². The number of halogens is 1.